The molecule has 0 unspecified atom stereocenters. The fraction of sp³-hybridized carbons (Fsp3) is 0.500. The quantitative estimate of drug-likeness (QED) is 0.703. The highest BCUT2D eigenvalue weighted by Crippen LogP contribution is 2.11. The Hall–Kier alpha value is -1.31. The maximum atomic E-state index is 2.51. The van der Waals surface area contributed by atoms with E-state index in [0.29, 0.717) is 0 Å². The first-order valence-electron chi connectivity index (χ1n) is 6.21. The molecule has 0 saturated carbocycles. The minimum atomic E-state index is 1.16. The third kappa shape index (κ3) is 2.26. The number of hydrogen-bond donors (Lipinski definition) is 0. The molecular formula is C14H21N2+. The van der Waals surface area contributed by atoms with Crippen LogP contribution in [-0.4, -0.2) is 42.0 Å². The summed E-state index contributed by atoms with van der Waals surface area (Å²) < 4.78 is 2.38. The van der Waals surface area contributed by atoms with Crippen LogP contribution in [-0.2, 0) is 0 Å². The van der Waals surface area contributed by atoms with E-state index in [2.05, 4.69) is 53.8 Å². The first-order chi connectivity index (χ1) is 7.83. The molecule has 0 saturated heterocycles. The summed E-state index contributed by atoms with van der Waals surface area (Å²) >= 11 is 0. The third-order valence-corrected chi connectivity index (χ3v) is 3.11. The molecule has 0 aromatic heterocycles. The smallest absolute Gasteiger partial charge is 0.264 e. The molecule has 0 aliphatic carbocycles. The fourth-order valence-electron chi connectivity index (χ4n) is 2.43. The third-order valence-electron chi connectivity index (χ3n) is 3.11. The van der Waals surface area contributed by atoms with Gasteiger partial charge < -0.3 is 0 Å². The van der Waals surface area contributed by atoms with Crippen molar-refractivity contribution in [1.29, 1.82) is 0 Å². The molecule has 2 rings (SSSR count). The van der Waals surface area contributed by atoms with Gasteiger partial charge in [0.25, 0.3) is 5.84 Å². The molecule has 86 valence electrons. The van der Waals surface area contributed by atoms with Crippen molar-refractivity contribution in [3.05, 3.63) is 35.9 Å². The Labute approximate surface area is 98.2 Å². The van der Waals surface area contributed by atoms with E-state index in [0.717, 1.165) is 6.54 Å². The minimum absolute atomic E-state index is 1.16. The van der Waals surface area contributed by atoms with Gasteiger partial charge in [-0.2, -0.15) is 0 Å². The van der Waals surface area contributed by atoms with Crippen molar-refractivity contribution in [2.24, 2.45) is 0 Å². The van der Waals surface area contributed by atoms with Crippen LogP contribution in [0.3, 0.4) is 0 Å². The zero-order chi connectivity index (χ0) is 11.4. The summed E-state index contributed by atoms with van der Waals surface area (Å²) in [5.74, 6) is 1.40. The van der Waals surface area contributed by atoms with E-state index in [9.17, 15) is 0 Å². The van der Waals surface area contributed by atoms with Gasteiger partial charge >= 0.3 is 0 Å². The normalized spacial score (nSPS) is 16.8. The van der Waals surface area contributed by atoms with E-state index >= 15 is 0 Å². The van der Waals surface area contributed by atoms with Gasteiger partial charge in [-0.1, -0.05) is 25.1 Å². The molecule has 1 aromatic carbocycles. The second kappa shape index (κ2) is 5.15. The standard InChI is InChI=1S/C14H21N2/c1-3-10-16-12-7-11-15(2)14(16)13-8-5-4-6-9-13/h4-6,8-9H,3,7,10-12H2,1-2H3/q+1. The van der Waals surface area contributed by atoms with Gasteiger partial charge in [-0.05, 0) is 18.6 Å². The summed E-state index contributed by atoms with van der Waals surface area (Å²) in [6, 6.07) is 10.7. The lowest BCUT2D eigenvalue weighted by atomic mass is 10.1. The molecule has 1 aromatic rings. The maximum Gasteiger partial charge on any atom is 0.278 e. The van der Waals surface area contributed by atoms with Gasteiger partial charge in [0.15, 0.2) is 0 Å². The van der Waals surface area contributed by atoms with Gasteiger partial charge in [-0.15, -0.1) is 0 Å². The summed E-state index contributed by atoms with van der Waals surface area (Å²) in [5.41, 5.74) is 1.35. The average Bonchev–Trinajstić information content (AvgIpc) is 2.31. The van der Waals surface area contributed by atoms with Crippen molar-refractivity contribution in [3.63, 3.8) is 0 Å². The van der Waals surface area contributed by atoms with Crippen molar-refractivity contribution in [3.8, 4) is 0 Å². The Morgan fingerprint density at radius 3 is 2.69 bits per heavy atom. The topological polar surface area (TPSA) is 6.25 Å². The first-order valence-corrected chi connectivity index (χ1v) is 6.21. The zero-order valence-corrected chi connectivity index (χ0v) is 10.3. The summed E-state index contributed by atoms with van der Waals surface area (Å²) in [7, 11) is 2.20. The van der Waals surface area contributed by atoms with Crippen LogP contribution in [0.4, 0.5) is 0 Å². The molecule has 16 heavy (non-hydrogen) atoms. The van der Waals surface area contributed by atoms with Crippen molar-refractivity contribution in [2.75, 3.05) is 26.7 Å². The molecule has 0 amide bonds. The number of nitrogens with zero attached hydrogens (tertiary/aromatic N) is 2. The highest BCUT2D eigenvalue weighted by Gasteiger charge is 2.26. The summed E-state index contributed by atoms with van der Waals surface area (Å²) in [4.78, 5) is 2.51. The molecule has 2 heteroatoms. The molecule has 0 bridgehead atoms. The van der Waals surface area contributed by atoms with E-state index in [-0.39, 0.29) is 0 Å². The lowest BCUT2D eigenvalue weighted by Gasteiger charge is -2.25. The van der Waals surface area contributed by atoms with Gasteiger partial charge in [0, 0.05) is 6.42 Å². The van der Waals surface area contributed by atoms with Crippen LogP contribution in [0.15, 0.2) is 30.3 Å². The van der Waals surface area contributed by atoms with Crippen molar-refractivity contribution >= 4 is 5.84 Å². The van der Waals surface area contributed by atoms with Crippen LogP contribution in [0.25, 0.3) is 0 Å². The zero-order valence-electron chi connectivity index (χ0n) is 10.3. The SMILES string of the molecule is CCCN1CCC[N+](C)=C1c1ccccc1. The Morgan fingerprint density at radius 1 is 1.25 bits per heavy atom. The van der Waals surface area contributed by atoms with E-state index < -0.39 is 0 Å². The van der Waals surface area contributed by atoms with E-state index in [4.69, 9.17) is 0 Å². The number of rotatable bonds is 3. The van der Waals surface area contributed by atoms with Crippen molar-refractivity contribution < 1.29 is 4.58 Å². The molecular weight excluding hydrogens is 196 g/mol. The highest BCUT2D eigenvalue weighted by atomic mass is 15.2. The minimum Gasteiger partial charge on any atom is -0.264 e. The molecule has 0 fully saturated rings. The van der Waals surface area contributed by atoms with Crippen molar-refractivity contribution in [1.82, 2.24) is 4.90 Å². The molecule has 0 N–H and O–H groups in total. The largest absolute Gasteiger partial charge is 0.278 e. The first kappa shape index (κ1) is 11.2. The van der Waals surface area contributed by atoms with E-state index in [1.54, 1.807) is 0 Å². The van der Waals surface area contributed by atoms with E-state index in [1.165, 1.54) is 37.3 Å². The average molecular weight is 217 g/mol. The predicted molar refractivity (Wildman–Crippen MR) is 68.1 cm³/mol. The number of hydrogen-bond acceptors (Lipinski definition) is 1. The maximum absolute atomic E-state index is 2.51. The Morgan fingerprint density at radius 2 is 2.00 bits per heavy atom. The highest BCUT2D eigenvalue weighted by molar-refractivity contribution is 5.95. The Balaban J connectivity index is 2.33. The number of amidine groups is 1. The molecule has 0 radical (unpaired) electrons. The van der Waals surface area contributed by atoms with Gasteiger partial charge in [-0.3, -0.25) is 9.48 Å². The van der Waals surface area contributed by atoms with Crippen LogP contribution in [0.2, 0.25) is 0 Å². The van der Waals surface area contributed by atoms with Gasteiger partial charge in [-0.25, -0.2) is 0 Å². The Bertz CT molecular complexity index is 368. The van der Waals surface area contributed by atoms with Crippen LogP contribution in [0.5, 0.6) is 0 Å². The summed E-state index contributed by atoms with van der Waals surface area (Å²) in [6.45, 7) is 5.78. The fourth-order valence-corrected chi connectivity index (χ4v) is 2.43. The summed E-state index contributed by atoms with van der Waals surface area (Å²) in [5, 5.41) is 0. The monoisotopic (exact) mass is 217 g/mol. The Kier molecular flexibility index (Phi) is 3.60. The van der Waals surface area contributed by atoms with Crippen LogP contribution >= 0.6 is 0 Å². The molecule has 0 atom stereocenters. The molecule has 1 aliphatic heterocycles. The van der Waals surface area contributed by atoms with Crippen molar-refractivity contribution in [2.45, 2.75) is 19.8 Å². The second-order valence-electron chi connectivity index (χ2n) is 4.45. The predicted octanol–water partition coefficient (Wildman–Crippen LogP) is 2.19. The molecule has 1 heterocycles. The van der Waals surface area contributed by atoms with Gasteiger partial charge in [0.1, 0.15) is 0 Å². The molecule has 2 nitrogen and oxygen atoms in total. The van der Waals surface area contributed by atoms with Gasteiger partial charge in [0.05, 0.1) is 32.2 Å². The lowest BCUT2D eigenvalue weighted by Crippen LogP contribution is -2.43. The second-order valence-corrected chi connectivity index (χ2v) is 4.45. The molecule has 0 spiro atoms. The number of benzene rings is 1. The lowest BCUT2D eigenvalue weighted by molar-refractivity contribution is -0.508. The summed E-state index contributed by atoms with van der Waals surface area (Å²) in [6.07, 6.45) is 2.48. The van der Waals surface area contributed by atoms with Crippen LogP contribution < -0.4 is 0 Å². The van der Waals surface area contributed by atoms with Crippen LogP contribution in [0, 0.1) is 0 Å². The van der Waals surface area contributed by atoms with Gasteiger partial charge in [0.2, 0.25) is 0 Å². The van der Waals surface area contributed by atoms with Crippen LogP contribution in [0.1, 0.15) is 25.3 Å². The molecule has 1 aliphatic rings. The van der Waals surface area contributed by atoms with E-state index in [1.807, 2.05) is 0 Å².